The highest BCUT2D eigenvalue weighted by Crippen LogP contribution is 2.38. The lowest BCUT2D eigenvalue weighted by Gasteiger charge is -2.36. The number of nitrogens with one attached hydrogen (secondary N) is 3. The smallest absolute Gasteiger partial charge is 0.325 e. The SMILES string of the molecule is CC(C)NS(=O)(=O)Cc1ccc(CNC(=O)CN2C(=O)NC3(CCCCC3C)C2=O)cc1. The number of rotatable bonds is 8. The molecule has 1 heterocycles. The van der Waals surface area contributed by atoms with Crippen LogP contribution < -0.4 is 15.4 Å². The minimum absolute atomic E-state index is 0.0406. The number of hydrogen-bond acceptors (Lipinski definition) is 5. The summed E-state index contributed by atoms with van der Waals surface area (Å²) in [5.41, 5.74) is 0.543. The number of amides is 4. The van der Waals surface area contributed by atoms with Gasteiger partial charge in [0.15, 0.2) is 0 Å². The van der Waals surface area contributed by atoms with Gasteiger partial charge in [-0.1, -0.05) is 44.0 Å². The van der Waals surface area contributed by atoms with Crippen molar-refractivity contribution in [2.24, 2.45) is 5.92 Å². The van der Waals surface area contributed by atoms with Gasteiger partial charge in [0.25, 0.3) is 5.91 Å². The second-order valence-electron chi connectivity index (χ2n) is 9.06. The third-order valence-electron chi connectivity index (χ3n) is 6.09. The van der Waals surface area contributed by atoms with Crippen LogP contribution in [0, 0.1) is 5.92 Å². The van der Waals surface area contributed by atoms with E-state index in [0.29, 0.717) is 12.0 Å². The maximum Gasteiger partial charge on any atom is 0.325 e. The molecule has 0 bridgehead atoms. The molecule has 1 spiro atoms. The van der Waals surface area contributed by atoms with E-state index in [1.54, 1.807) is 38.1 Å². The Morgan fingerprint density at radius 3 is 2.47 bits per heavy atom. The van der Waals surface area contributed by atoms with Crippen molar-refractivity contribution in [1.82, 2.24) is 20.3 Å². The van der Waals surface area contributed by atoms with E-state index in [2.05, 4.69) is 15.4 Å². The summed E-state index contributed by atoms with van der Waals surface area (Å²) in [6.07, 6.45) is 3.38. The van der Waals surface area contributed by atoms with Gasteiger partial charge in [-0.3, -0.25) is 14.5 Å². The van der Waals surface area contributed by atoms with E-state index < -0.39 is 27.5 Å². The quantitative estimate of drug-likeness (QED) is 0.505. The van der Waals surface area contributed by atoms with Crippen molar-refractivity contribution in [3.63, 3.8) is 0 Å². The molecule has 9 nitrogen and oxygen atoms in total. The predicted molar refractivity (Wildman–Crippen MR) is 120 cm³/mol. The number of benzene rings is 1. The Hall–Kier alpha value is -2.46. The number of sulfonamides is 1. The standard InChI is InChI=1S/C22H32N4O5S/c1-15(2)25-32(30,31)14-18-9-7-17(8-10-18)12-23-19(27)13-26-20(28)22(24-21(26)29)11-5-4-6-16(22)3/h7-10,15-16,25H,4-6,11-14H2,1-3H3,(H,23,27)(H,24,29). The zero-order valence-corrected chi connectivity index (χ0v) is 19.6. The summed E-state index contributed by atoms with van der Waals surface area (Å²) >= 11 is 0. The van der Waals surface area contributed by atoms with Crippen molar-refractivity contribution in [3.05, 3.63) is 35.4 Å². The van der Waals surface area contributed by atoms with Crippen molar-refractivity contribution >= 4 is 27.9 Å². The van der Waals surface area contributed by atoms with Crippen molar-refractivity contribution in [2.45, 2.75) is 70.3 Å². The Morgan fingerprint density at radius 1 is 1.19 bits per heavy atom. The molecule has 3 N–H and O–H groups in total. The molecule has 0 radical (unpaired) electrons. The van der Waals surface area contributed by atoms with Gasteiger partial charge in [-0.15, -0.1) is 0 Å². The first-order chi connectivity index (χ1) is 15.0. The molecule has 0 aromatic heterocycles. The summed E-state index contributed by atoms with van der Waals surface area (Å²) in [4.78, 5) is 38.7. The molecule has 4 amide bonds. The van der Waals surface area contributed by atoms with E-state index in [4.69, 9.17) is 0 Å². The van der Waals surface area contributed by atoms with Crippen LogP contribution in [0.15, 0.2) is 24.3 Å². The summed E-state index contributed by atoms with van der Waals surface area (Å²) in [6.45, 7) is 5.38. The lowest BCUT2D eigenvalue weighted by atomic mass is 9.73. The normalized spacial score (nSPS) is 23.6. The van der Waals surface area contributed by atoms with Gasteiger partial charge in [-0.2, -0.15) is 0 Å². The zero-order valence-electron chi connectivity index (χ0n) is 18.8. The first-order valence-corrected chi connectivity index (χ1v) is 12.7. The van der Waals surface area contributed by atoms with Gasteiger partial charge in [0.05, 0.1) is 5.75 Å². The average molecular weight is 465 g/mol. The van der Waals surface area contributed by atoms with Crippen LogP contribution in [-0.2, 0) is 31.9 Å². The molecular weight excluding hydrogens is 432 g/mol. The van der Waals surface area contributed by atoms with Crippen molar-refractivity contribution < 1.29 is 22.8 Å². The molecule has 10 heteroatoms. The van der Waals surface area contributed by atoms with Crippen LogP contribution in [0.5, 0.6) is 0 Å². The van der Waals surface area contributed by atoms with Gasteiger partial charge in [-0.05, 0) is 43.7 Å². The summed E-state index contributed by atoms with van der Waals surface area (Å²) in [6, 6.07) is 6.20. The first kappa shape index (κ1) is 24.2. The molecule has 2 unspecified atom stereocenters. The topological polar surface area (TPSA) is 125 Å². The van der Waals surface area contributed by atoms with Gasteiger partial charge in [0.1, 0.15) is 12.1 Å². The number of nitrogens with zero attached hydrogens (tertiary/aromatic N) is 1. The molecule has 2 aliphatic rings. The van der Waals surface area contributed by atoms with E-state index >= 15 is 0 Å². The predicted octanol–water partition coefficient (Wildman–Crippen LogP) is 1.63. The summed E-state index contributed by atoms with van der Waals surface area (Å²) in [5, 5.41) is 5.56. The highest BCUT2D eigenvalue weighted by atomic mass is 32.2. The van der Waals surface area contributed by atoms with Crippen molar-refractivity contribution in [2.75, 3.05) is 6.54 Å². The van der Waals surface area contributed by atoms with Crippen LogP contribution in [0.1, 0.15) is 57.6 Å². The van der Waals surface area contributed by atoms with Gasteiger partial charge < -0.3 is 10.6 Å². The minimum Gasteiger partial charge on any atom is -0.350 e. The lowest BCUT2D eigenvalue weighted by Crippen LogP contribution is -2.54. The summed E-state index contributed by atoms with van der Waals surface area (Å²) in [7, 11) is -3.41. The van der Waals surface area contributed by atoms with Gasteiger partial charge in [0, 0.05) is 12.6 Å². The molecule has 1 aromatic rings. The Balaban J connectivity index is 1.53. The van der Waals surface area contributed by atoms with Crippen LogP contribution in [0.25, 0.3) is 0 Å². The fourth-order valence-electron chi connectivity index (χ4n) is 4.41. The zero-order chi connectivity index (χ0) is 23.5. The van der Waals surface area contributed by atoms with Gasteiger partial charge in [-0.25, -0.2) is 17.9 Å². The maximum atomic E-state index is 12.9. The third-order valence-corrected chi connectivity index (χ3v) is 7.63. The number of hydrogen-bond donors (Lipinski definition) is 3. The van der Waals surface area contributed by atoms with Crippen LogP contribution in [0.4, 0.5) is 4.79 Å². The van der Waals surface area contributed by atoms with Crippen LogP contribution in [-0.4, -0.2) is 49.3 Å². The van der Waals surface area contributed by atoms with E-state index in [-0.39, 0.29) is 36.7 Å². The molecule has 2 fully saturated rings. The third kappa shape index (κ3) is 5.47. The van der Waals surface area contributed by atoms with Crippen LogP contribution in [0.3, 0.4) is 0 Å². The highest BCUT2D eigenvalue weighted by Gasteiger charge is 2.55. The minimum atomic E-state index is -3.41. The summed E-state index contributed by atoms with van der Waals surface area (Å²) < 4.78 is 26.6. The molecule has 1 saturated carbocycles. The van der Waals surface area contributed by atoms with E-state index in [9.17, 15) is 22.8 Å². The molecule has 1 saturated heterocycles. The number of carbonyl (C=O) groups excluding carboxylic acids is 3. The van der Waals surface area contributed by atoms with Gasteiger partial charge in [0.2, 0.25) is 15.9 Å². The maximum absolute atomic E-state index is 12.9. The lowest BCUT2D eigenvalue weighted by molar-refractivity contribution is -0.137. The molecule has 2 atom stereocenters. The fraction of sp³-hybridized carbons (Fsp3) is 0.591. The molecule has 3 rings (SSSR count). The Morgan fingerprint density at radius 2 is 1.84 bits per heavy atom. The highest BCUT2D eigenvalue weighted by molar-refractivity contribution is 7.88. The molecule has 32 heavy (non-hydrogen) atoms. The van der Waals surface area contributed by atoms with Crippen molar-refractivity contribution in [3.8, 4) is 0 Å². The Kier molecular flexibility index (Phi) is 7.24. The second-order valence-corrected chi connectivity index (χ2v) is 10.8. The Labute approximate surface area is 189 Å². The number of carbonyl (C=O) groups is 3. The van der Waals surface area contributed by atoms with E-state index in [0.717, 1.165) is 29.7 Å². The molecule has 1 aromatic carbocycles. The second kappa shape index (κ2) is 9.58. The molecule has 176 valence electrons. The van der Waals surface area contributed by atoms with Crippen molar-refractivity contribution in [1.29, 1.82) is 0 Å². The number of urea groups is 1. The largest absolute Gasteiger partial charge is 0.350 e. The summed E-state index contributed by atoms with van der Waals surface area (Å²) in [5.74, 6) is -0.824. The monoisotopic (exact) mass is 464 g/mol. The van der Waals surface area contributed by atoms with Gasteiger partial charge >= 0.3 is 6.03 Å². The molecule has 1 aliphatic carbocycles. The number of imide groups is 1. The Bertz CT molecular complexity index is 977. The van der Waals surface area contributed by atoms with Crippen LogP contribution in [0.2, 0.25) is 0 Å². The molecule has 1 aliphatic heterocycles. The fourth-order valence-corrected chi connectivity index (χ4v) is 5.85. The van der Waals surface area contributed by atoms with Crippen LogP contribution >= 0.6 is 0 Å². The average Bonchev–Trinajstić information content (AvgIpc) is 2.93. The van der Waals surface area contributed by atoms with E-state index in [1.165, 1.54) is 0 Å². The first-order valence-electron chi connectivity index (χ1n) is 11.0. The molecular formula is C22H32N4O5S. The van der Waals surface area contributed by atoms with E-state index in [1.807, 2.05) is 6.92 Å².